The molecular formula is C13H19N5OS. The van der Waals surface area contributed by atoms with Crippen LogP contribution in [0.5, 0.6) is 0 Å². The molecule has 1 unspecified atom stereocenters. The van der Waals surface area contributed by atoms with Crippen LogP contribution >= 0.6 is 11.3 Å². The first kappa shape index (κ1) is 13.7. The summed E-state index contributed by atoms with van der Waals surface area (Å²) in [5, 5.41) is 12.0. The van der Waals surface area contributed by atoms with Crippen LogP contribution in [0, 0.1) is 0 Å². The highest BCUT2D eigenvalue weighted by molar-refractivity contribution is 7.16. The number of rotatable bonds is 4. The maximum absolute atomic E-state index is 12.0. The minimum Gasteiger partial charge on any atom is -0.315 e. The molecule has 3 rings (SSSR count). The standard InChI is InChI=1S/C13H19N5OS/c1-3-10-17-18-11(19)6-9(16-12(18)20-10)7-15-13(2)4-5-14-8-13/h6,14-15H,3-5,7-8H2,1-2H3. The quantitative estimate of drug-likeness (QED) is 0.861. The number of fused-ring (bicyclic) bond motifs is 1. The largest absolute Gasteiger partial charge is 0.315 e. The summed E-state index contributed by atoms with van der Waals surface area (Å²) in [6.07, 6.45) is 1.92. The summed E-state index contributed by atoms with van der Waals surface area (Å²) in [7, 11) is 0. The summed E-state index contributed by atoms with van der Waals surface area (Å²) in [6, 6.07) is 1.57. The van der Waals surface area contributed by atoms with Crippen LogP contribution in [0.25, 0.3) is 4.96 Å². The van der Waals surface area contributed by atoms with E-state index in [4.69, 9.17) is 0 Å². The topological polar surface area (TPSA) is 71.3 Å². The number of nitrogens with one attached hydrogen (secondary N) is 2. The lowest BCUT2D eigenvalue weighted by atomic mass is 10.0. The zero-order chi connectivity index (χ0) is 14.2. The van der Waals surface area contributed by atoms with Gasteiger partial charge in [0, 0.05) is 24.7 Å². The van der Waals surface area contributed by atoms with E-state index >= 15 is 0 Å². The molecule has 0 aromatic carbocycles. The van der Waals surface area contributed by atoms with Crippen molar-refractivity contribution in [3.8, 4) is 0 Å². The van der Waals surface area contributed by atoms with E-state index in [1.807, 2.05) is 6.92 Å². The van der Waals surface area contributed by atoms with Crippen molar-refractivity contribution in [1.82, 2.24) is 25.2 Å². The Morgan fingerprint density at radius 1 is 1.60 bits per heavy atom. The van der Waals surface area contributed by atoms with E-state index in [1.54, 1.807) is 6.07 Å². The van der Waals surface area contributed by atoms with Gasteiger partial charge in [-0.2, -0.15) is 9.61 Å². The zero-order valence-corrected chi connectivity index (χ0v) is 12.6. The molecule has 0 amide bonds. The molecule has 108 valence electrons. The van der Waals surface area contributed by atoms with Crippen molar-refractivity contribution in [3.05, 3.63) is 27.1 Å². The molecule has 7 heteroatoms. The smallest absolute Gasteiger partial charge is 0.275 e. The van der Waals surface area contributed by atoms with Gasteiger partial charge in [0.25, 0.3) is 5.56 Å². The second kappa shape index (κ2) is 5.23. The van der Waals surface area contributed by atoms with E-state index in [9.17, 15) is 4.79 Å². The van der Waals surface area contributed by atoms with Crippen molar-refractivity contribution in [3.63, 3.8) is 0 Å². The summed E-state index contributed by atoms with van der Waals surface area (Å²) >= 11 is 1.48. The maximum Gasteiger partial charge on any atom is 0.275 e. The van der Waals surface area contributed by atoms with E-state index in [0.29, 0.717) is 11.5 Å². The van der Waals surface area contributed by atoms with Gasteiger partial charge in [0.1, 0.15) is 5.01 Å². The summed E-state index contributed by atoms with van der Waals surface area (Å²) in [5.74, 6) is 0. The maximum atomic E-state index is 12.0. The molecule has 2 aromatic rings. The van der Waals surface area contributed by atoms with Crippen molar-refractivity contribution < 1.29 is 0 Å². The first-order chi connectivity index (χ1) is 9.59. The molecule has 3 heterocycles. The first-order valence-corrected chi connectivity index (χ1v) is 7.76. The minimum absolute atomic E-state index is 0.0924. The highest BCUT2D eigenvalue weighted by Crippen LogP contribution is 2.15. The molecule has 2 aromatic heterocycles. The van der Waals surface area contributed by atoms with Gasteiger partial charge in [0.15, 0.2) is 0 Å². The van der Waals surface area contributed by atoms with Gasteiger partial charge in [-0.1, -0.05) is 18.3 Å². The molecule has 1 fully saturated rings. The van der Waals surface area contributed by atoms with Crippen molar-refractivity contribution in [1.29, 1.82) is 0 Å². The van der Waals surface area contributed by atoms with E-state index in [1.165, 1.54) is 15.9 Å². The van der Waals surface area contributed by atoms with Gasteiger partial charge in [-0.25, -0.2) is 4.98 Å². The van der Waals surface area contributed by atoms with Crippen LogP contribution in [-0.2, 0) is 13.0 Å². The molecule has 0 spiro atoms. The Labute approximate surface area is 121 Å². The van der Waals surface area contributed by atoms with Crippen molar-refractivity contribution in [2.24, 2.45) is 0 Å². The number of nitrogens with zero attached hydrogens (tertiary/aromatic N) is 3. The predicted molar refractivity (Wildman–Crippen MR) is 79.2 cm³/mol. The summed E-state index contributed by atoms with van der Waals surface area (Å²) in [5.41, 5.74) is 0.779. The highest BCUT2D eigenvalue weighted by atomic mass is 32.1. The molecule has 2 N–H and O–H groups in total. The molecule has 0 saturated carbocycles. The Balaban J connectivity index is 1.83. The zero-order valence-electron chi connectivity index (χ0n) is 11.8. The van der Waals surface area contributed by atoms with Gasteiger partial charge in [-0.3, -0.25) is 4.79 Å². The molecule has 20 heavy (non-hydrogen) atoms. The average Bonchev–Trinajstić information content (AvgIpc) is 3.03. The van der Waals surface area contributed by atoms with Gasteiger partial charge in [-0.15, -0.1) is 0 Å². The molecule has 0 aliphatic carbocycles. The molecular weight excluding hydrogens is 274 g/mol. The molecule has 1 atom stereocenters. The third-order valence-electron chi connectivity index (χ3n) is 3.71. The van der Waals surface area contributed by atoms with Gasteiger partial charge in [0.2, 0.25) is 4.96 Å². The van der Waals surface area contributed by atoms with Crippen molar-refractivity contribution in [2.45, 2.75) is 38.8 Å². The molecule has 0 radical (unpaired) electrons. The Bertz CT molecular complexity index is 671. The van der Waals surface area contributed by atoms with Crippen molar-refractivity contribution in [2.75, 3.05) is 13.1 Å². The van der Waals surface area contributed by atoms with Crippen LogP contribution in [0.3, 0.4) is 0 Å². The molecule has 0 bridgehead atoms. The van der Waals surface area contributed by atoms with Crippen LogP contribution in [0.4, 0.5) is 0 Å². The lowest BCUT2D eigenvalue weighted by molar-refractivity contribution is 0.383. The number of hydrogen-bond donors (Lipinski definition) is 2. The fourth-order valence-corrected chi connectivity index (χ4v) is 3.26. The third kappa shape index (κ3) is 2.61. The SMILES string of the molecule is CCc1nn2c(=O)cc(CNC3(C)CCNC3)nc2s1. The van der Waals surface area contributed by atoms with E-state index < -0.39 is 0 Å². The second-order valence-corrected chi connectivity index (χ2v) is 6.51. The first-order valence-electron chi connectivity index (χ1n) is 6.94. The number of aromatic nitrogens is 3. The summed E-state index contributed by atoms with van der Waals surface area (Å²) in [4.78, 5) is 17.2. The Morgan fingerprint density at radius 3 is 3.15 bits per heavy atom. The lowest BCUT2D eigenvalue weighted by Gasteiger charge is -2.24. The van der Waals surface area contributed by atoms with E-state index in [0.717, 1.165) is 36.6 Å². The molecule has 6 nitrogen and oxygen atoms in total. The molecule has 1 saturated heterocycles. The lowest BCUT2D eigenvalue weighted by Crippen LogP contribution is -2.43. The summed E-state index contributed by atoms with van der Waals surface area (Å²) < 4.78 is 1.39. The monoisotopic (exact) mass is 293 g/mol. The minimum atomic E-state index is -0.0996. The Morgan fingerprint density at radius 2 is 2.45 bits per heavy atom. The van der Waals surface area contributed by atoms with E-state index in [-0.39, 0.29) is 11.1 Å². The fraction of sp³-hybridized carbons (Fsp3) is 0.615. The predicted octanol–water partition coefficient (Wildman–Crippen LogP) is 0.555. The summed E-state index contributed by atoms with van der Waals surface area (Å²) in [6.45, 7) is 6.82. The van der Waals surface area contributed by atoms with Gasteiger partial charge < -0.3 is 10.6 Å². The van der Waals surface area contributed by atoms with Crippen LogP contribution in [0.1, 0.15) is 31.0 Å². The van der Waals surface area contributed by atoms with Crippen LogP contribution in [0.2, 0.25) is 0 Å². The van der Waals surface area contributed by atoms with Crippen LogP contribution in [0.15, 0.2) is 10.9 Å². The molecule has 1 aliphatic heterocycles. The van der Waals surface area contributed by atoms with Crippen LogP contribution in [-0.4, -0.2) is 33.2 Å². The van der Waals surface area contributed by atoms with Crippen LogP contribution < -0.4 is 16.2 Å². The second-order valence-electron chi connectivity index (χ2n) is 5.47. The van der Waals surface area contributed by atoms with Gasteiger partial charge in [-0.05, 0) is 26.3 Å². The van der Waals surface area contributed by atoms with E-state index in [2.05, 4.69) is 27.6 Å². The van der Waals surface area contributed by atoms with Gasteiger partial charge >= 0.3 is 0 Å². The highest BCUT2D eigenvalue weighted by Gasteiger charge is 2.27. The van der Waals surface area contributed by atoms with Crippen molar-refractivity contribution >= 4 is 16.3 Å². The fourth-order valence-electron chi connectivity index (χ4n) is 2.40. The number of hydrogen-bond acceptors (Lipinski definition) is 6. The molecule has 1 aliphatic rings. The number of aryl methyl sites for hydroxylation is 1. The van der Waals surface area contributed by atoms with Gasteiger partial charge in [0.05, 0.1) is 5.69 Å². The normalized spacial score (nSPS) is 22.7. The Hall–Kier alpha value is -1.31. The average molecular weight is 293 g/mol. The Kier molecular flexibility index (Phi) is 3.57. The third-order valence-corrected chi connectivity index (χ3v) is 4.76.